The van der Waals surface area contributed by atoms with Crippen LogP contribution in [0.1, 0.15) is 37.8 Å². The Balaban J connectivity index is 1.19. The first kappa shape index (κ1) is 29.5. The molecule has 3 heterocycles. The van der Waals surface area contributed by atoms with E-state index in [1.807, 2.05) is 12.1 Å². The van der Waals surface area contributed by atoms with E-state index >= 15 is 0 Å². The average molecular weight is 570 g/mol. The summed E-state index contributed by atoms with van der Waals surface area (Å²) in [6.07, 6.45) is 1.88. The number of rotatable bonds is 9. The number of piperazine rings is 1. The van der Waals surface area contributed by atoms with Gasteiger partial charge in [-0.1, -0.05) is 19.1 Å². The van der Waals surface area contributed by atoms with Crippen molar-refractivity contribution in [1.29, 1.82) is 5.26 Å². The van der Waals surface area contributed by atoms with Gasteiger partial charge in [0, 0.05) is 76.1 Å². The Kier molecular flexibility index (Phi) is 9.64. The molecule has 2 aliphatic heterocycles. The number of carbonyl (C=O) groups is 1. The van der Waals surface area contributed by atoms with E-state index in [4.69, 9.17) is 4.74 Å². The molecule has 0 unspecified atom stereocenters. The number of aliphatic hydroxyl groups is 1. The number of likely N-dealkylation sites (N-methyl/N-ethyl adjacent to an activating group) is 1. The van der Waals surface area contributed by atoms with Gasteiger partial charge in [0.15, 0.2) is 0 Å². The molecule has 2 aliphatic rings. The van der Waals surface area contributed by atoms with Crippen LogP contribution in [0.4, 0.5) is 11.6 Å². The quantitative estimate of drug-likeness (QED) is 0.398. The van der Waals surface area contributed by atoms with Gasteiger partial charge in [0.2, 0.25) is 5.95 Å². The van der Waals surface area contributed by atoms with Crippen LogP contribution in [0.25, 0.3) is 11.3 Å². The first-order valence-corrected chi connectivity index (χ1v) is 14.7. The van der Waals surface area contributed by atoms with E-state index < -0.39 is 6.10 Å². The number of aromatic nitrogens is 2. The van der Waals surface area contributed by atoms with Crippen LogP contribution in [-0.4, -0.2) is 93.7 Å². The number of likely N-dealkylation sites (tertiary alicyclic amines) is 1. The highest BCUT2D eigenvalue weighted by Crippen LogP contribution is 2.28. The summed E-state index contributed by atoms with van der Waals surface area (Å²) in [6, 6.07) is 17.9. The minimum Gasteiger partial charge on any atom is -0.489 e. The third-order valence-corrected chi connectivity index (χ3v) is 7.98. The molecule has 2 saturated heterocycles. The molecule has 10 heteroatoms. The maximum absolute atomic E-state index is 12.0. The highest BCUT2D eigenvalue weighted by molar-refractivity contribution is 5.80. The minimum absolute atomic E-state index is 0.103. The second-order valence-corrected chi connectivity index (χ2v) is 10.9. The fourth-order valence-electron chi connectivity index (χ4n) is 5.44. The Morgan fingerprint density at radius 2 is 1.79 bits per heavy atom. The molecule has 0 bridgehead atoms. The van der Waals surface area contributed by atoms with E-state index in [9.17, 15) is 15.2 Å². The number of nitrogens with one attached hydrogen (secondary N) is 1. The zero-order valence-electron chi connectivity index (χ0n) is 24.4. The van der Waals surface area contributed by atoms with Crippen LogP contribution < -0.4 is 10.1 Å². The predicted molar refractivity (Wildman–Crippen MR) is 161 cm³/mol. The summed E-state index contributed by atoms with van der Waals surface area (Å²) in [6.45, 7) is 11.3. The van der Waals surface area contributed by atoms with Crippen LogP contribution in [0.3, 0.4) is 0 Å². The van der Waals surface area contributed by atoms with E-state index in [-0.39, 0.29) is 12.0 Å². The van der Waals surface area contributed by atoms with E-state index in [2.05, 4.69) is 62.3 Å². The van der Waals surface area contributed by atoms with Crippen molar-refractivity contribution in [2.45, 2.75) is 45.4 Å². The molecule has 220 valence electrons. The number of ether oxygens (including phenoxy) is 1. The number of benzene rings is 2. The second kappa shape index (κ2) is 13.7. The Hall–Kier alpha value is -4.04. The largest absolute Gasteiger partial charge is 0.489 e. The van der Waals surface area contributed by atoms with Crippen molar-refractivity contribution >= 4 is 17.5 Å². The van der Waals surface area contributed by atoms with Crippen LogP contribution in [0.15, 0.2) is 54.7 Å². The van der Waals surface area contributed by atoms with Crippen molar-refractivity contribution in [3.8, 4) is 23.1 Å². The molecule has 1 aromatic heterocycles. The summed E-state index contributed by atoms with van der Waals surface area (Å²) in [5.74, 6) is 0.734. The van der Waals surface area contributed by atoms with Gasteiger partial charge in [-0.3, -0.25) is 9.69 Å². The number of hydrogen-bond acceptors (Lipinski definition) is 9. The van der Waals surface area contributed by atoms with Crippen molar-refractivity contribution in [2.24, 2.45) is 0 Å². The predicted octanol–water partition coefficient (Wildman–Crippen LogP) is 3.65. The van der Waals surface area contributed by atoms with Crippen LogP contribution in [-0.2, 0) is 11.3 Å². The van der Waals surface area contributed by atoms with E-state index in [0.29, 0.717) is 48.9 Å². The smallest absolute Gasteiger partial charge is 0.251 e. The van der Waals surface area contributed by atoms with Gasteiger partial charge in [-0.15, -0.1) is 0 Å². The molecule has 3 aromatic rings. The number of carbonyl (C=O) groups excluding carboxylic acids is 1. The number of nitrogens with zero attached hydrogens (tertiary/aromatic N) is 6. The lowest BCUT2D eigenvalue weighted by molar-refractivity contribution is -0.141. The molecule has 5 rings (SSSR count). The molecule has 2 fully saturated rings. The fourth-order valence-corrected chi connectivity index (χ4v) is 5.44. The van der Waals surface area contributed by atoms with Crippen molar-refractivity contribution < 1.29 is 14.6 Å². The molecular formula is C32H39N7O3. The minimum atomic E-state index is -1.000. The number of hydrogen-bond donors (Lipinski definition) is 2. The number of aliphatic hydroxyl groups excluding tert-OH is 1. The Morgan fingerprint density at radius 3 is 2.45 bits per heavy atom. The summed E-state index contributed by atoms with van der Waals surface area (Å²) in [7, 11) is 0. The van der Waals surface area contributed by atoms with Gasteiger partial charge >= 0.3 is 0 Å². The molecule has 2 N–H and O–H groups in total. The molecule has 1 amide bonds. The lowest BCUT2D eigenvalue weighted by Crippen LogP contribution is -2.45. The maximum atomic E-state index is 12.0. The monoisotopic (exact) mass is 569 g/mol. The third-order valence-electron chi connectivity index (χ3n) is 7.98. The number of amides is 1. The lowest BCUT2D eigenvalue weighted by Gasteiger charge is -2.34. The summed E-state index contributed by atoms with van der Waals surface area (Å²) < 4.78 is 6.15. The molecule has 0 radical (unpaired) electrons. The highest BCUT2D eigenvalue weighted by Gasteiger charge is 2.26. The molecule has 42 heavy (non-hydrogen) atoms. The third kappa shape index (κ3) is 7.42. The van der Waals surface area contributed by atoms with Gasteiger partial charge in [-0.25, -0.2) is 9.97 Å². The second-order valence-electron chi connectivity index (χ2n) is 10.9. The van der Waals surface area contributed by atoms with Crippen molar-refractivity contribution in [1.82, 2.24) is 24.7 Å². The Labute approximate surface area is 247 Å². The topological polar surface area (TPSA) is 118 Å². The SMILES string of the molecule is CCN1CCN(Cc2ccc(Nc3nccc(-c4ccc(OC5CCN(C(=O)[C@H](C)O)CC5)c(C#N)c4)n3)cc2)CC1. The molecule has 10 nitrogen and oxygen atoms in total. The Bertz CT molecular complexity index is 1390. The van der Waals surface area contributed by atoms with Crippen molar-refractivity contribution in [3.63, 3.8) is 0 Å². The average Bonchev–Trinajstić information content (AvgIpc) is 3.02. The summed E-state index contributed by atoms with van der Waals surface area (Å²) in [4.78, 5) is 27.7. The summed E-state index contributed by atoms with van der Waals surface area (Å²) in [5, 5.41) is 22.7. The van der Waals surface area contributed by atoms with Gasteiger partial charge in [0.1, 0.15) is 24.0 Å². The highest BCUT2D eigenvalue weighted by atomic mass is 16.5. The molecular weight excluding hydrogens is 530 g/mol. The van der Waals surface area contributed by atoms with Gasteiger partial charge in [0.05, 0.1) is 11.3 Å². The summed E-state index contributed by atoms with van der Waals surface area (Å²) >= 11 is 0. The first-order valence-electron chi connectivity index (χ1n) is 14.7. The zero-order chi connectivity index (χ0) is 29.5. The van der Waals surface area contributed by atoms with Gasteiger partial charge in [-0.2, -0.15) is 5.26 Å². The van der Waals surface area contributed by atoms with Crippen LogP contribution in [0.2, 0.25) is 0 Å². The van der Waals surface area contributed by atoms with Gasteiger partial charge < -0.3 is 25.0 Å². The molecule has 1 atom stereocenters. The maximum Gasteiger partial charge on any atom is 0.251 e. The normalized spacial score (nSPS) is 17.4. The number of piperidine rings is 1. The zero-order valence-corrected chi connectivity index (χ0v) is 24.4. The van der Waals surface area contributed by atoms with E-state index in [1.54, 1.807) is 23.2 Å². The lowest BCUT2D eigenvalue weighted by atomic mass is 10.1. The van der Waals surface area contributed by atoms with Crippen LogP contribution >= 0.6 is 0 Å². The van der Waals surface area contributed by atoms with Gasteiger partial charge in [0.25, 0.3) is 5.91 Å². The van der Waals surface area contributed by atoms with Gasteiger partial charge in [-0.05, 0) is 55.4 Å². The Morgan fingerprint density at radius 1 is 1.07 bits per heavy atom. The first-order chi connectivity index (χ1) is 20.4. The molecule has 0 aliphatic carbocycles. The standard InChI is InChI=1S/C32H39N7O3/c1-3-37-16-18-38(19-17-37)22-24-4-7-27(8-5-24)35-32-34-13-10-29(36-32)25-6-9-30(26(20-25)21-33)42-28-11-14-39(15-12-28)31(41)23(2)40/h4-10,13,20,23,28,40H,3,11-12,14-19,22H2,1-2H3,(H,34,35,36)/t23-/m0/s1. The van der Waals surface area contributed by atoms with Crippen LogP contribution in [0, 0.1) is 11.3 Å². The van der Waals surface area contributed by atoms with E-state index in [1.165, 1.54) is 12.5 Å². The number of anilines is 2. The fraction of sp³-hybridized carbons (Fsp3) is 0.438. The molecule has 0 saturated carbocycles. The molecule has 2 aromatic carbocycles. The number of nitriles is 1. The van der Waals surface area contributed by atoms with Crippen molar-refractivity contribution in [2.75, 3.05) is 51.1 Å². The summed E-state index contributed by atoms with van der Waals surface area (Å²) in [5.41, 5.74) is 4.11. The van der Waals surface area contributed by atoms with E-state index in [0.717, 1.165) is 50.5 Å². The molecule has 0 spiro atoms. The van der Waals surface area contributed by atoms with Crippen LogP contribution in [0.5, 0.6) is 5.75 Å². The van der Waals surface area contributed by atoms with Crippen molar-refractivity contribution in [3.05, 3.63) is 65.9 Å².